The standard InChI is InChI=1S/C26H47NO3Si/c1-9-10-11-12-13-14-15-26(28)27-19-23-16-17-24(25(18-23)29-8)30-31(20(2)3,21(4)5)22(6)7/h16-18,20-22H,9-15,19H2,1-8H3,(H,27,28). The van der Waals surface area contributed by atoms with E-state index in [9.17, 15) is 4.79 Å². The van der Waals surface area contributed by atoms with Crippen LogP contribution in [0.2, 0.25) is 16.6 Å². The van der Waals surface area contributed by atoms with Gasteiger partial charge in [-0.15, -0.1) is 0 Å². The monoisotopic (exact) mass is 449 g/mol. The van der Waals surface area contributed by atoms with Gasteiger partial charge >= 0.3 is 0 Å². The summed E-state index contributed by atoms with van der Waals surface area (Å²) in [4.78, 5) is 12.2. The van der Waals surface area contributed by atoms with E-state index in [1.54, 1.807) is 7.11 Å². The van der Waals surface area contributed by atoms with E-state index in [1.807, 2.05) is 18.2 Å². The van der Waals surface area contributed by atoms with Gasteiger partial charge in [0.25, 0.3) is 8.32 Å². The molecule has 0 bridgehead atoms. The summed E-state index contributed by atoms with van der Waals surface area (Å²) >= 11 is 0. The van der Waals surface area contributed by atoms with E-state index < -0.39 is 8.32 Å². The minimum absolute atomic E-state index is 0.126. The van der Waals surface area contributed by atoms with Crippen molar-refractivity contribution in [2.24, 2.45) is 0 Å². The number of ether oxygens (including phenoxy) is 1. The van der Waals surface area contributed by atoms with Gasteiger partial charge in [-0.1, -0.05) is 86.6 Å². The number of carbonyl (C=O) groups is 1. The minimum atomic E-state index is -2.05. The van der Waals surface area contributed by atoms with E-state index in [4.69, 9.17) is 9.16 Å². The van der Waals surface area contributed by atoms with Crippen LogP contribution < -0.4 is 14.5 Å². The third-order valence-corrected chi connectivity index (χ3v) is 12.5. The summed E-state index contributed by atoms with van der Waals surface area (Å²) in [5, 5.41) is 3.05. The third kappa shape index (κ3) is 8.17. The molecule has 0 unspecified atom stereocenters. The van der Waals surface area contributed by atoms with E-state index in [0.29, 0.717) is 29.6 Å². The lowest BCUT2D eigenvalue weighted by molar-refractivity contribution is -0.121. The number of benzene rings is 1. The average molecular weight is 450 g/mol. The molecule has 1 rings (SSSR count). The highest BCUT2D eigenvalue weighted by Gasteiger charge is 2.47. The zero-order valence-corrected chi connectivity index (χ0v) is 22.3. The quantitative estimate of drug-likeness (QED) is 0.221. The number of unbranched alkanes of at least 4 members (excludes halogenated alkanes) is 5. The Labute approximate surface area is 192 Å². The number of nitrogens with one attached hydrogen (secondary N) is 1. The molecule has 31 heavy (non-hydrogen) atoms. The molecular weight excluding hydrogens is 402 g/mol. The summed E-state index contributed by atoms with van der Waals surface area (Å²) in [6.07, 6.45) is 7.77. The zero-order chi connectivity index (χ0) is 23.4. The number of rotatable bonds is 15. The van der Waals surface area contributed by atoms with Crippen LogP contribution in [0.3, 0.4) is 0 Å². The molecule has 0 atom stereocenters. The zero-order valence-electron chi connectivity index (χ0n) is 21.3. The van der Waals surface area contributed by atoms with Gasteiger partial charge in [-0.25, -0.2) is 0 Å². The molecule has 0 saturated carbocycles. The van der Waals surface area contributed by atoms with Crippen molar-refractivity contribution in [2.45, 2.75) is 117 Å². The van der Waals surface area contributed by atoms with E-state index in [1.165, 1.54) is 25.7 Å². The van der Waals surface area contributed by atoms with Crippen molar-refractivity contribution < 1.29 is 14.0 Å². The van der Waals surface area contributed by atoms with Crippen molar-refractivity contribution in [3.05, 3.63) is 23.8 Å². The number of methoxy groups -OCH3 is 1. The fraction of sp³-hybridized carbons (Fsp3) is 0.731. The smallest absolute Gasteiger partial charge is 0.258 e. The molecule has 1 aromatic carbocycles. The maximum Gasteiger partial charge on any atom is 0.258 e. The molecule has 0 spiro atoms. The second kappa shape index (κ2) is 13.8. The molecule has 1 aromatic rings. The van der Waals surface area contributed by atoms with Gasteiger partial charge in [0.2, 0.25) is 5.91 Å². The van der Waals surface area contributed by atoms with Crippen LogP contribution in [-0.2, 0) is 11.3 Å². The number of carbonyl (C=O) groups excluding carboxylic acids is 1. The Bertz CT molecular complexity index is 636. The summed E-state index contributed by atoms with van der Waals surface area (Å²) < 4.78 is 12.5. The van der Waals surface area contributed by atoms with Crippen LogP contribution in [0.1, 0.15) is 99.0 Å². The minimum Gasteiger partial charge on any atom is -0.540 e. The van der Waals surface area contributed by atoms with Crippen LogP contribution in [-0.4, -0.2) is 21.3 Å². The van der Waals surface area contributed by atoms with E-state index in [-0.39, 0.29) is 5.91 Å². The highest BCUT2D eigenvalue weighted by molar-refractivity contribution is 6.78. The highest BCUT2D eigenvalue weighted by Crippen LogP contribution is 2.44. The van der Waals surface area contributed by atoms with Crippen molar-refractivity contribution >= 4 is 14.2 Å². The lowest BCUT2D eigenvalue weighted by atomic mass is 10.1. The molecule has 1 N–H and O–H groups in total. The van der Waals surface area contributed by atoms with Crippen LogP contribution >= 0.6 is 0 Å². The molecule has 0 radical (unpaired) electrons. The van der Waals surface area contributed by atoms with Gasteiger partial charge in [0.15, 0.2) is 5.75 Å². The maximum atomic E-state index is 12.2. The predicted molar refractivity (Wildman–Crippen MR) is 135 cm³/mol. The molecule has 0 aromatic heterocycles. The van der Waals surface area contributed by atoms with E-state index >= 15 is 0 Å². The molecule has 5 heteroatoms. The summed E-state index contributed by atoms with van der Waals surface area (Å²) in [5.74, 6) is 1.70. The van der Waals surface area contributed by atoms with Gasteiger partial charge in [-0.3, -0.25) is 4.79 Å². The first-order valence-corrected chi connectivity index (χ1v) is 14.5. The van der Waals surface area contributed by atoms with Crippen molar-refractivity contribution in [2.75, 3.05) is 7.11 Å². The Morgan fingerprint density at radius 3 is 2.03 bits per heavy atom. The largest absolute Gasteiger partial charge is 0.540 e. The van der Waals surface area contributed by atoms with Gasteiger partial charge in [0.1, 0.15) is 5.75 Å². The summed E-state index contributed by atoms with van der Waals surface area (Å²) in [7, 11) is -0.360. The lowest BCUT2D eigenvalue weighted by Crippen LogP contribution is -2.50. The van der Waals surface area contributed by atoms with Gasteiger partial charge < -0.3 is 14.5 Å². The number of hydrogen-bond acceptors (Lipinski definition) is 3. The highest BCUT2D eigenvalue weighted by atomic mass is 28.4. The van der Waals surface area contributed by atoms with Gasteiger partial charge in [-0.2, -0.15) is 0 Å². The van der Waals surface area contributed by atoms with Crippen molar-refractivity contribution in [3.8, 4) is 11.5 Å². The Morgan fingerprint density at radius 2 is 1.48 bits per heavy atom. The molecule has 1 amide bonds. The van der Waals surface area contributed by atoms with Crippen molar-refractivity contribution in [3.63, 3.8) is 0 Å². The van der Waals surface area contributed by atoms with Crippen LogP contribution in [0.5, 0.6) is 11.5 Å². The van der Waals surface area contributed by atoms with Crippen molar-refractivity contribution in [1.29, 1.82) is 0 Å². The first-order chi connectivity index (χ1) is 14.7. The topological polar surface area (TPSA) is 47.6 Å². The first-order valence-electron chi connectivity index (χ1n) is 12.3. The third-order valence-electron chi connectivity index (χ3n) is 6.47. The SMILES string of the molecule is CCCCCCCCC(=O)NCc1ccc(O[Si](C(C)C)(C(C)C)C(C)C)c(OC)c1. The molecule has 0 aliphatic heterocycles. The van der Waals surface area contributed by atoms with E-state index in [0.717, 1.165) is 29.9 Å². The molecule has 0 fully saturated rings. The van der Waals surface area contributed by atoms with Crippen molar-refractivity contribution in [1.82, 2.24) is 5.32 Å². The van der Waals surface area contributed by atoms with Gasteiger partial charge in [-0.05, 0) is 40.7 Å². The Kier molecular flexibility index (Phi) is 12.3. The molecule has 178 valence electrons. The second-order valence-corrected chi connectivity index (χ2v) is 15.1. The average Bonchev–Trinajstić information content (AvgIpc) is 2.72. The normalized spacial score (nSPS) is 12.0. The molecule has 0 aliphatic rings. The Hall–Kier alpha value is -1.49. The van der Waals surface area contributed by atoms with Crippen LogP contribution in [0.25, 0.3) is 0 Å². The Balaban J connectivity index is 2.73. The Morgan fingerprint density at radius 1 is 0.903 bits per heavy atom. The number of hydrogen-bond donors (Lipinski definition) is 1. The maximum absolute atomic E-state index is 12.2. The fourth-order valence-corrected chi connectivity index (χ4v) is 10.1. The molecular formula is C26H47NO3Si. The molecule has 0 saturated heterocycles. The van der Waals surface area contributed by atoms with E-state index in [2.05, 4.69) is 53.8 Å². The second-order valence-electron chi connectivity index (χ2n) is 9.70. The lowest BCUT2D eigenvalue weighted by Gasteiger charge is -2.42. The van der Waals surface area contributed by atoms with Crippen LogP contribution in [0, 0.1) is 0 Å². The van der Waals surface area contributed by atoms with Gasteiger partial charge in [0, 0.05) is 13.0 Å². The molecule has 0 heterocycles. The first kappa shape index (κ1) is 27.5. The van der Waals surface area contributed by atoms with Crippen LogP contribution in [0.15, 0.2) is 18.2 Å². The summed E-state index contributed by atoms with van der Waals surface area (Å²) in [5.41, 5.74) is 2.53. The van der Waals surface area contributed by atoms with Crippen LogP contribution in [0.4, 0.5) is 0 Å². The number of amides is 1. The molecule has 4 nitrogen and oxygen atoms in total. The fourth-order valence-electron chi connectivity index (χ4n) is 4.81. The van der Waals surface area contributed by atoms with Gasteiger partial charge in [0.05, 0.1) is 7.11 Å². The summed E-state index contributed by atoms with van der Waals surface area (Å²) in [6.45, 7) is 16.4. The molecule has 0 aliphatic carbocycles. The predicted octanol–water partition coefficient (Wildman–Crippen LogP) is 7.62. The summed E-state index contributed by atoms with van der Waals surface area (Å²) in [6, 6.07) is 6.06.